The molecule has 0 bridgehead atoms. The number of hydrogen-bond acceptors (Lipinski definition) is 4. The van der Waals surface area contributed by atoms with E-state index in [0.29, 0.717) is 25.7 Å². The zero-order chi connectivity index (χ0) is 20.0. The predicted octanol–water partition coefficient (Wildman–Crippen LogP) is 3.00. The fourth-order valence-corrected chi connectivity index (χ4v) is 4.02. The normalized spacial score (nSPS) is 17.0. The molecule has 2 aromatic carbocycles. The van der Waals surface area contributed by atoms with Gasteiger partial charge in [-0.15, -0.1) is 24.0 Å². The molecule has 0 amide bonds. The Morgan fingerprint density at radius 3 is 2.66 bits per heavy atom. The summed E-state index contributed by atoms with van der Waals surface area (Å²) in [5.41, 5.74) is 8.79. The molecule has 1 aliphatic heterocycles. The number of benzene rings is 2. The SMILES string of the molecule is Cc1cccc(NC(N)=NCc2ccc(S(=O)(=O)NCC3CCCO3)cc2)c1.I. The molecule has 9 heteroatoms. The summed E-state index contributed by atoms with van der Waals surface area (Å²) >= 11 is 0. The fraction of sp³-hybridized carbons (Fsp3) is 0.350. The third kappa shape index (κ3) is 7.25. The van der Waals surface area contributed by atoms with Gasteiger partial charge in [-0.1, -0.05) is 24.3 Å². The first-order valence-corrected chi connectivity index (χ1v) is 10.7. The van der Waals surface area contributed by atoms with Gasteiger partial charge in [-0.05, 0) is 55.2 Å². The van der Waals surface area contributed by atoms with E-state index in [9.17, 15) is 8.42 Å². The zero-order valence-corrected chi connectivity index (χ0v) is 19.4. The van der Waals surface area contributed by atoms with Crippen molar-refractivity contribution in [2.75, 3.05) is 18.5 Å². The molecule has 1 fully saturated rings. The molecule has 7 nitrogen and oxygen atoms in total. The van der Waals surface area contributed by atoms with Crippen molar-refractivity contribution in [1.82, 2.24) is 4.72 Å². The minimum atomic E-state index is -3.54. The molecule has 4 N–H and O–H groups in total. The number of rotatable bonds is 7. The molecule has 1 heterocycles. The molecule has 0 saturated carbocycles. The van der Waals surface area contributed by atoms with Gasteiger partial charge in [-0.2, -0.15) is 0 Å². The van der Waals surface area contributed by atoms with Crippen LogP contribution in [0.25, 0.3) is 0 Å². The lowest BCUT2D eigenvalue weighted by Crippen LogP contribution is -2.31. The van der Waals surface area contributed by atoms with Crippen LogP contribution in [0, 0.1) is 6.92 Å². The minimum absolute atomic E-state index is 0. The van der Waals surface area contributed by atoms with E-state index in [2.05, 4.69) is 15.0 Å². The number of nitrogens with zero attached hydrogens (tertiary/aromatic N) is 1. The summed E-state index contributed by atoms with van der Waals surface area (Å²) in [6.45, 7) is 3.36. The van der Waals surface area contributed by atoms with Gasteiger partial charge in [0, 0.05) is 18.8 Å². The van der Waals surface area contributed by atoms with Crippen molar-refractivity contribution in [3.63, 3.8) is 0 Å². The summed E-state index contributed by atoms with van der Waals surface area (Å²) in [5, 5.41) is 3.04. The van der Waals surface area contributed by atoms with Crippen molar-refractivity contribution in [3.8, 4) is 0 Å². The highest BCUT2D eigenvalue weighted by atomic mass is 127. The van der Waals surface area contributed by atoms with Gasteiger partial charge in [-0.3, -0.25) is 0 Å². The van der Waals surface area contributed by atoms with Crippen molar-refractivity contribution in [2.24, 2.45) is 10.7 Å². The standard InChI is InChI=1S/C20H26N4O3S.HI/c1-15-4-2-5-17(12-15)24-20(21)22-13-16-7-9-19(10-8-16)28(25,26)23-14-18-6-3-11-27-18;/h2,4-5,7-10,12,18,23H,3,6,11,13-14H2,1H3,(H3,21,22,24);1H. The lowest BCUT2D eigenvalue weighted by atomic mass is 10.2. The Kier molecular flexibility index (Phi) is 8.87. The second-order valence-corrected chi connectivity index (χ2v) is 8.59. The van der Waals surface area contributed by atoms with Crippen LogP contribution in [0.5, 0.6) is 0 Å². The number of sulfonamides is 1. The first-order chi connectivity index (χ1) is 13.4. The van der Waals surface area contributed by atoms with Crippen LogP contribution in [0.1, 0.15) is 24.0 Å². The number of aliphatic imine (C=N–C) groups is 1. The molecule has 1 unspecified atom stereocenters. The van der Waals surface area contributed by atoms with Gasteiger partial charge in [0.25, 0.3) is 0 Å². The maximum absolute atomic E-state index is 12.4. The van der Waals surface area contributed by atoms with Crippen LogP contribution in [0.3, 0.4) is 0 Å². The van der Waals surface area contributed by atoms with Crippen molar-refractivity contribution in [3.05, 3.63) is 59.7 Å². The molecule has 1 aliphatic rings. The smallest absolute Gasteiger partial charge is 0.240 e. The van der Waals surface area contributed by atoms with Crippen molar-refractivity contribution in [2.45, 2.75) is 37.3 Å². The average Bonchev–Trinajstić information content (AvgIpc) is 3.19. The van der Waals surface area contributed by atoms with Crippen molar-refractivity contribution in [1.29, 1.82) is 0 Å². The Morgan fingerprint density at radius 1 is 1.24 bits per heavy atom. The topological polar surface area (TPSA) is 106 Å². The Balaban J connectivity index is 0.00000300. The molecule has 3 rings (SSSR count). The molecule has 1 atom stereocenters. The molecule has 0 spiro atoms. The number of nitrogens with two attached hydrogens (primary N) is 1. The van der Waals surface area contributed by atoms with Crippen LogP contribution >= 0.6 is 24.0 Å². The summed E-state index contributed by atoms with van der Waals surface area (Å²) < 4.78 is 32.8. The van der Waals surface area contributed by atoms with Gasteiger partial charge < -0.3 is 15.8 Å². The molecule has 1 saturated heterocycles. The number of nitrogens with one attached hydrogen (secondary N) is 2. The van der Waals surface area contributed by atoms with E-state index in [-0.39, 0.29) is 35.0 Å². The Labute approximate surface area is 189 Å². The highest BCUT2D eigenvalue weighted by Gasteiger charge is 2.20. The van der Waals surface area contributed by atoms with Gasteiger partial charge in [0.15, 0.2) is 5.96 Å². The largest absolute Gasteiger partial charge is 0.377 e. The van der Waals surface area contributed by atoms with Crippen molar-refractivity contribution >= 4 is 45.6 Å². The maximum atomic E-state index is 12.4. The second kappa shape index (κ2) is 10.9. The lowest BCUT2D eigenvalue weighted by molar-refractivity contribution is 0.114. The zero-order valence-electron chi connectivity index (χ0n) is 16.3. The van der Waals surface area contributed by atoms with Gasteiger partial charge in [0.2, 0.25) is 10.0 Å². The van der Waals surface area contributed by atoms with Gasteiger partial charge in [0.1, 0.15) is 0 Å². The van der Waals surface area contributed by atoms with E-state index < -0.39 is 10.0 Å². The predicted molar refractivity (Wildman–Crippen MR) is 126 cm³/mol. The van der Waals surface area contributed by atoms with E-state index in [0.717, 1.165) is 29.7 Å². The summed E-state index contributed by atoms with van der Waals surface area (Å²) in [5.74, 6) is 0.306. The summed E-state index contributed by atoms with van der Waals surface area (Å²) in [7, 11) is -3.54. The molecule has 0 aliphatic carbocycles. The van der Waals surface area contributed by atoms with E-state index in [1.165, 1.54) is 0 Å². The Hall–Kier alpha value is -1.69. The number of halogens is 1. The number of hydrogen-bond donors (Lipinski definition) is 3. The third-order valence-corrected chi connectivity index (χ3v) is 5.92. The number of guanidine groups is 1. The van der Waals surface area contributed by atoms with Crippen LogP contribution in [0.15, 0.2) is 58.4 Å². The number of anilines is 1. The monoisotopic (exact) mass is 530 g/mol. The van der Waals surface area contributed by atoms with Crippen LogP contribution in [0.4, 0.5) is 5.69 Å². The van der Waals surface area contributed by atoms with Gasteiger partial charge in [-0.25, -0.2) is 18.1 Å². The first-order valence-electron chi connectivity index (χ1n) is 9.26. The first kappa shape index (κ1) is 23.6. The highest BCUT2D eigenvalue weighted by Crippen LogP contribution is 2.14. The molecule has 0 aromatic heterocycles. The van der Waals surface area contributed by atoms with Crippen LogP contribution in [0.2, 0.25) is 0 Å². The quantitative estimate of drug-likeness (QED) is 0.290. The van der Waals surface area contributed by atoms with Crippen LogP contribution in [-0.2, 0) is 21.3 Å². The van der Waals surface area contributed by atoms with Crippen LogP contribution < -0.4 is 15.8 Å². The van der Waals surface area contributed by atoms with Gasteiger partial charge >= 0.3 is 0 Å². The van der Waals surface area contributed by atoms with Crippen molar-refractivity contribution < 1.29 is 13.2 Å². The summed E-state index contributed by atoms with van der Waals surface area (Å²) in [6, 6.07) is 14.5. The molecule has 29 heavy (non-hydrogen) atoms. The third-order valence-electron chi connectivity index (χ3n) is 4.48. The van der Waals surface area contributed by atoms with E-state index >= 15 is 0 Å². The molecular weight excluding hydrogens is 503 g/mol. The van der Waals surface area contributed by atoms with E-state index in [1.54, 1.807) is 24.3 Å². The highest BCUT2D eigenvalue weighted by molar-refractivity contribution is 14.0. The Bertz CT molecular complexity index is 927. The molecule has 158 valence electrons. The number of ether oxygens (including phenoxy) is 1. The summed E-state index contributed by atoms with van der Waals surface area (Å²) in [6.07, 6.45) is 1.83. The Morgan fingerprint density at radius 2 is 2.00 bits per heavy atom. The molecule has 0 radical (unpaired) electrons. The fourth-order valence-electron chi connectivity index (χ4n) is 2.95. The lowest BCUT2D eigenvalue weighted by Gasteiger charge is -2.11. The van der Waals surface area contributed by atoms with E-state index in [4.69, 9.17) is 10.5 Å². The summed E-state index contributed by atoms with van der Waals surface area (Å²) in [4.78, 5) is 4.53. The average molecular weight is 530 g/mol. The van der Waals surface area contributed by atoms with Crippen LogP contribution in [-0.4, -0.2) is 33.6 Å². The minimum Gasteiger partial charge on any atom is -0.377 e. The van der Waals surface area contributed by atoms with Gasteiger partial charge in [0.05, 0.1) is 17.5 Å². The maximum Gasteiger partial charge on any atom is 0.240 e. The number of aryl methyl sites for hydroxylation is 1. The second-order valence-electron chi connectivity index (χ2n) is 6.83. The molecule has 2 aromatic rings. The van der Waals surface area contributed by atoms with E-state index in [1.807, 2.05) is 31.2 Å². The molecular formula is C20H27IN4O3S.